The smallest absolute Gasteiger partial charge is 0.361 e. The molecule has 1 atom stereocenters. The first-order chi connectivity index (χ1) is 13.9. The van der Waals surface area contributed by atoms with Crippen molar-refractivity contribution in [1.29, 1.82) is 0 Å². The Kier molecular flexibility index (Phi) is 6.20. The maximum Gasteiger partial charge on any atom is 0.361 e. The molecule has 1 unspecified atom stereocenters. The van der Waals surface area contributed by atoms with Crippen LogP contribution in [0, 0.1) is 0 Å². The van der Waals surface area contributed by atoms with E-state index in [4.69, 9.17) is 16.3 Å². The van der Waals surface area contributed by atoms with Crippen LogP contribution >= 0.6 is 11.6 Å². The zero-order chi connectivity index (χ0) is 20.8. The van der Waals surface area contributed by atoms with Crippen LogP contribution in [0.4, 0.5) is 0 Å². The molecule has 0 spiro atoms. The van der Waals surface area contributed by atoms with Gasteiger partial charge in [0, 0.05) is 10.6 Å². The molecule has 29 heavy (non-hydrogen) atoms. The number of hydrazine groups is 1. The largest absolute Gasteiger partial charge is 0.448 e. The molecule has 0 aliphatic carbocycles. The van der Waals surface area contributed by atoms with Crippen LogP contribution in [0.5, 0.6) is 0 Å². The fourth-order valence-corrected chi connectivity index (χ4v) is 2.43. The van der Waals surface area contributed by atoms with Crippen LogP contribution in [0.3, 0.4) is 0 Å². The minimum absolute atomic E-state index is 0.0588. The average Bonchev–Trinajstić information content (AvgIpc) is 3.23. The Balaban J connectivity index is 1.53. The van der Waals surface area contributed by atoms with E-state index in [0.29, 0.717) is 10.7 Å². The Morgan fingerprint density at radius 2 is 1.83 bits per heavy atom. The fraction of sp³-hybridized carbons (Fsp3) is 0.105. The zero-order valence-corrected chi connectivity index (χ0v) is 16.0. The van der Waals surface area contributed by atoms with Gasteiger partial charge in [-0.2, -0.15) is 9.90 Å². The lowest BCUT2D eigenvalue weighted by molar-refractivity contribution is -0.129. The number of carbonyl (C=O) groups is 3. The molecule has 0 radical (unpaired) electrons. The van der Waals surface area contributed by atoms with Gasteiger partial charge in [0.15, 0.2) is 11.8 Å². The van der Waals surface area contributed by atoms with Crippen molar-refractivity contribution < 1.29 is 19.1 Å². The highest BCUT2D eigenvalue weighted by Crippen LogP contribution is 2.10. The lowest BCUT2D eigenvalue weighted by Crippen LogP contribution is -2.46. The van der Waals surface area contributed by atoms with Gasteiger partial charge in [0.05, 0.1) is 11.9 Å². The number of hydrogen-bond donors (Lipinski definition) is 2. The third-order valence-electron chi connectivity index (χ3n) is 3.73. The number of carbonyl (C=O) groups excluding carboxylic acids is 3. The van der Waals surface area contributed by atoms with E-state index in [1.54, 1.807) is 36.4 Å². The van der Waals surface area contributed by atoms with Crippen molar-refractivity contribution in [3.05, 3.63) is 77.1 Å². The summed E-state index contributed by atoms with van der Waals surface area (Å²) in [5.41, 5.74) is 5.29. The number of esters is 1. The summed E-state index contributed by atoms with van der Waals surface area (Å²) < 4.78 is 5.07. The Morgan fingerprint density at radius 3 is 2.55 bits per heavy atom. The molecule has 0 aliphatic rings. The molecule has 1 aromatic heterocycles. The normalized spacial score (nSPS) is 11.4. The van der Waals surface area contributed by atoms with Gasteiger partial charge in [0.25, 0.3) is 11.8 Å². The summed E-state index contributed by atoms with van der Waals surface area (Å²) >= 11 is 5.82. The summed E-state index contributed by atoms with van der Waals surface area (Å²) in [5.74, 6) is -2.11. The summed E-state index contributed by atoms with van der Waals surface area (Å²) in [4.78, 5) is 37.5. The molecule has 0 saturated heterocycles. The fourth-order valence-electron chi connectivity index (χ4n) is 2.24. The SMILES string of the molecule is CC(OC(=O)c1cnn(-c2ccccc2)n1)C(=O)NNC(=O)c1cccc(Cl)c1. The van der Waals surface area contributed by atoms with Crippen molar-refractivity contribution in [2.75, 3.05) is 0 Å². The predicted octanol–water partition coefficient (Wildman–Crippen LogP) is 1.93. The first kappa shape index (κ1) is 20.0. The molecule has 1 heterocycles. The van der Waals surface area contributed by atoms with Gasteiger partial charge in [0.1, 0.15) is 0 Å². The summed E-state index contributed by atoms with van der Waals surface area (Å²) in [7, 11) is 0. The molecular weight excluding hydrogens is 398 g/mol. The highest BCUT2D eigenvalue weighted by molar-refractivity contribution is 6.30. The molecule has 3 aromatic rings. The molecule has 0 fully saturated rings. The zero-order valence-electron chi connectivity index (χ0n) is 15.2. The maximum atomic E-state index is 12.2. The minimum atomic E-state index is -1.18. The second kappa shape index (κ2) is 8.98. The maximum absolute atomic E-state index is 12.2. The second-order valence-electron chi connectivity index (χ2n) is 5.86. The van der Waals surface area contributed by atoms with Crippen LogP contribution in [0.25, 0.3) is 5.69 Å². The summed E-state index contributed by atoms with van der Waals surface area (Å²) in [6, 6.07) is 15.2. The van der Waals surface area contributed by atoms with Gasteiger partial charge >= 0.3 is 5.97 Å². The van der Waals surface area contributed by atoms with E-state index in [2.05, 4.69) is 21.0 Å². The molecule has 3 rings (SSSR count). The number of aromatic nitrogens is 3. The van der Waals surface area contributed by atoms with Gasteiger partial charge in [-0.25, -0.2) is 4.79 Å². The van der Waals surface area contributed by atoms with Crippen molar-refractivity contribution in [2.45, 2.75) is 13.0 Å². The van der Waals surface area contributed by atoms with Crippen molar-refractivity contribution in [3.63, 3.8) is 0 Å². The van der Waals surface area contributed by atoms with Crippen molar-refractivity contribution >= 4 is 29.4 Å². The number of halogens is 1. The van der Waals surface area contributed by atoms with Crippen LogP contribution in [-0.4, -0.2) is 38.9 Å². The molecule has 0 aliphatic heterocycles. The first-order valence-corrected chi connectivity index (χ1v) is 8.86. The Hall–Kier alpha value is -3.72. The number of nitrogens with one attached hydrogen (secondary N) is 2. The Labute approximate surface area is 170 Å². The summed E-state index contributed by atoms with van der Waals surface area (Å²) in [5, 5.41) is 8.41. The number of para-hydroxylation sites is 1. The van der Waals surface area contributed by atoms with Gasteiger partial charge < -0.3 is 4.74 Å². The third kappa shape index (κ3) is 5.17. The number of benzene rings is 2. The Morgan fingerprint density at radius 1 is 1.07 bits per heavy atom. The molecule has 2 amide bonds. The van der Waals surface area contributed by atoms with Crippen molar-refractivity contribution in [1.82, 2.24) is 25.8 Å². The molecular formula is C19H16ClN5O4. The van der Waals surface area contributed by atoms with Crippen molar-refractivity contribution in [2.24, 2.45) is 0 Å². The highest BCUT2D eigenvalue weighted by Gasteiger charge is 2.22. The van der Waals surface area contributed by atoms with Crippen LogP contribution in [-0.2, 0) is 9.53 Å². The van der Waals surface area contributed by atoms with Crippen molar-refractivity contribution in [3.8, 4) is 5.69 Å². The summed E-state index contributed by atoms with van der Waals surface area (Å²) in [6.45, 7) is 1.36. The first-order valence-electron chi connectivity index (χ1n) is 8.48. The molecule has 148 valence electrons. The molecule has 2 N–H and O–H groups in total. The van der Waals surface area contributed by atoms with E-state index < -0.39 is 23.9 Å². The number of rotatable bonds is 5. The third-order valence-corrected chi connectivity index (χ3v) is 3.96. The predicted molar refractivity (Wildman–Crippen MR) is 103 cm³/mol. The number of ether oxygens (including phenoxy) is 1. The van der Waals surface area contributed by atoms with Crippen LogP contribution in [0.15, 0.2) is 60.8 Å². The molecule has 2 aromatic carbocycles. The quantitative estimate of drug-likeness (QED) is 0.487. The highest BCUT2D eigenvalue weighted by atomic mass is 35.5. The number of amides is 2. The van der Waals surface area contributed by atoms with Crippen LogP contribution < -0.4 is 10.9 Å². The van der Waals surface area contributed by atoms with Crippen LogP contribution in [0.2, 0.25) is 5.02 Å². The summed E-state index contributed by atoms with van der Waals surface area (Å²) in [6.07, 6.45) is 0.0602. The number of hydrogen-bond acceptors (Lipinski definition) is 6. The van der Waals surface area contributed by atoms with Gasteiger partial charge in [-0.15, -0.1) is 5.10 Å². The second-order valence-corrected chi connectivity index (χ2v) is 6.29. The Bertz CT molecular complexity index is 1040. The van der Waals surface area contributed by atoms with E-state index in [1.165, 1.54) is 30.0 Å². The van der Waals surface area contributed by atoms with Gasteiger partial charge in [0.2, 0.25) is 0 Å². The lowest BCUT2D eigenvalue weighted by atomic mass is 10.2. The van der Waals surface area contributed by atoms with Gasteiger partial charge in [-0.3, -0.25) is 20.4 Å². The average molecular weight is 414 g/mol. The lowest BCUT2D eigenvalue weighted by Gasteiger charge is -2.13. The minimum Gasteiger partial charge on any atom is -0.448 e. The van der Waals surface area contributed by atoms with E-state index in [0.717, 1.165) is 0 Å². The van der Waals surface area contributed by atoms with E-state index >= 15 is 0 Å². The monoisotopic (exact) mass is 413 g/mol. The van der Waals surface area contributed by atoms with E-state index in [-0.39, 0.29) is 11.3 Å². The number of nitrogens with zero attached hydrogens (tertiary/aromatic N) is 3. The van der Waals surface area contributed by atoms with E-state index in [9.17, 15) is 14.4 Å². The molecule has 0 saturated carbocycles. The molecule has 0 bridgehead atoms. The molecule has 10 heteroatoms. The van der Waals surface area contributed by atoms with Gasteiger partial charge in [-0.05, 0) is 37.3 Å². The standard InChI is InChI=1S/C19H16ClN5O4/c1-12(17(26)22-23-18(27)13-6-5-7-14(20)10-13)29-19(28)16-11-21-25(24-16)15-8-3-2-4-9-15/h2-12H,1H3,(H,22,26)(H,23,27). The van der Waals surface area contributed by atoms with E-state index in [1.807, 2.05) is 6.07 Å². The van der Waals surface area contributed by atoms with Crippen LogP contribution in [0.1, 0.15) is 27.8 Å². The molecule has 9 nitrogen and oxygen atoms in total. The van der Waals surface area contributed by atoms with Gasteiger partial charge in [-0.1, -0.05) is 35.9 Å². The topological polar surface area (TPSA) is 115 Å².